The fourth-order valence-corrected chi connectivity index (χ4v) is 6.01. The minimum atomic E-state index is -0.712. The molecule has 4 fully saturated rings. The van der Waals surface area contributed by atoms with E-state index in [4.69, 9.17) is 4.74 Å². The molecule has 2 bridgehead atoms. The van der Waals surface area contributed by atoms with Crippen molar-refractivity contribution < 1.29 is 19.4 Å². The van der Waals surface area contributed by atoms with Crippen LogP contribution in [-0.2, 0) is 4.79 Å². The SMILES string of the molecule is CC12CCC(CC1C(=O)N1CCCC(O)C1)C1(C2)NC(=O)c2ccccc2O1. The number of nitrogens with zero attached hydrogens (tertiary/aromatic N) is 1. The molecule has 1 spiro atoms. The molecule has 5 aliphatic rings. The molecule has 6 heteroatoms. The number of hydrogen-bond acceptors (Lipinski definition) is 4. The Hall–Kier alpha value is -2.08. The Labute approximate surface area is 165 Å². The van der Waals surface area contributed by atoms with Crippen molar-refractivity contribution in [1.29, 1.82) is 0 Å². The number of piperidine rings is 1. The maximum Gasteiger partial charge on any atom is 0.258 e. The van der Waals surface area contributed by atoms with Crippen LogP contribution in [-0.4, -0.2) is 46.7 Å². The average Bonchev–Trinajstić information content (AvgIpc) is 2.67. The molecule has 2 aliphatic heterocycles. The van der Waals surface area contributed by atoms with Gasteiger partial charge in [-0.05, 0) is 49.7 Å². The zero-order valence-electron chi connectivity index (χ0n) is 16.3. The van der Waals surface area contributed by atoms with Crippen molar-refractivity contribution in [2.45, 2.75) is 57.3 Å². The van der Waals surface area contributed by atoms with Gasteiger partial charge in [0, 0.05) is 31.3 Å². The van der Waals surface area contributed by atoms with Crippen molar-refractivity contribution in [3.63, 3.8) is 0 Å². The lowest BCUT2D eigenvalue weighted by Gasteiger charge is -2.60. The number of para-hydroxylation sites is 1. The van der Waals surface area contributed by atoms with E-state index in [9.17, 15) is 14.7 Å². The van der Waals surface area contributed by atoms with Crippen molar-refractivity contribution in [3.05, 3.63) is 29.8 Å². The second kappa shape index (κ2) is 6.21. The summed E-state index contributed by atoms with van der Waals surface area (Å²) < 4.78 is 6.42. The molecule has 5 atom stereocenters. The first-order chi connectivity index (χ1) is 13.4. The predicted octanol–water partition coefficient (Wildman–Crippen LogP) is 2.31. The number of ether oxygens (including phenoxy) is 1. The van der Waals surface area contributed by atoms with E-state index in [1.54, 1.807) is 6.07 Å². The minimum absolute atomic E-state index is 0.0696. The van der Waals surface area contributed by atoms with Gasteiger partial charge in [0.2, 0.25) is 5.91 Å². The smallest absolute Gasteiger partial charge is 0.258 e. The molecule has 0 aromatic heterocycles. The van der Waals surface area contributed by atoms with Gasteiger partial charge in [-0.15, -0.1) is 0 Å². The zero-order chi connectivity index (χ0) is 19.5. The van der Waals surface area contributed by atoms with Crippen LogP contribution in [0, 0.1) is 17.3 Å². The predicted molar refractivity (Wildman–Crippen MR) is 103 cm³/mol. The maximum atomic E-state index is 13.3. The monoisotopic (exact) mass is 384 g/mol. The van der Waals surface area contributed by atoms with Crippen LogP contribution in [0.3, 0.4) is 0 Å². The van der Waals surface area contributed by atoms with Gasteiger partial charge in [0.15, 0.2) is 5.72 Å². The maximum absolute atomic E-state index is 13.3. The molecule has 2 heterocycles. The highest BCUT2D eigenvalue weighted by molar-refractivity contribution is 5.98. The van der Waals surface area contributed by atoms with E-state index in [0.717, 1.165) is 38.6 Å². The van der Waals surface area contributed by atoms with Crippen LogP contribution in [0.15, 0.2) is 24.3 Å². The van der Waals surface area contributed by atoms with E-state index in [1.807, 2.05) is 23.1 Å². The first-order valence-electron chi connectivity index (χ1n) is 10.5. The Morgan fingerprint density at radius 1 is 1.32 bits per heavy atom. The summed E-state index contributed by atoms with van der Waals surface area (Å²) in [4.78, 5) is 27.9. The summed E-state index contributed by atoms with van der Waals surface area (Å²) in [5, 5.41) is 13.1. The summed E-state index contributed by atoms with van der Waals surface area (Å²) in [5.41, 5.74) is -0.348. The third-order valence-electron chi connectivity index (χ3n) is 7.51. The van der Waals surface area contributed by atoms with E-state index >= 15 is 0 Å². The quantitative estimate of drug-likeness (QED) is 0.779. The number of nitrogens with one attached hydrogen (secondary N) is 1. The van der Waals surface area contributed by atoms with E-state index in [2.05, 4.69) is 12.2 Å². The summed E-state index contributed by atoms with van der Waals surface area (Å²) in [7, 11) is 0. The van der Waals surface area contributed by atoms with Gasteiger partial charge in [-0.3, -0.25) is 9.59 Å². The number of amides is 2. The van der Waals surface area contributed by atoms with Crippen LogP contribution in [0.1, 0.15) is 55.8 Å². The topological polar surface area (TPSA) is 78.9 Å². The summed E-state index contributed by atoms with van der Waals surface area (Å²) in [5.74, 6) is 0.780. The van der Waals surface area contributed by atoms with Gasteiger partial charge in [0.05, 0.1) is 11.7 Å². The van der Waals surface area contributed by atoms with Gasteiger partial charge in [0.25, 0.3) is 5.91 Å². The van der Waals surface area contributed by atoms with Gasteiger partial charge < -0.3 is 20.1 Å². The number of carbonyl (C=O) groups is 2. The fraction of sp³-hybridized carbons (Fsp3) is 0.636. The highest BCUT2D eigenvalue weighted by Crippen LogP contribution is 2.59. The van der Waals surface area contributed by atoms with Crippen molar-refractivity contribution in [3.8, 4) is 5.75 Å². The molecular formula is C22H28N2O4. The van der Waals surface area contributed by atoms with Gasteiger partial charge >= 0.3 is 0 Å². The van der Waals surface area contributed by atoms with Crippen LogP contribution in [0.2, 0.25) is 0 Å². The molecule has 1 saturated heterocycles. The van der Waals surface area contributed by atoms with Crippen molar-refractivity contribution in [2.75, 3.05) is 13.1 Å². The summed E-state index contributed by atoms with van der Waals surface area (Å²) >= 11 is 0. The van der Waals surface area contributed by atoms with E-state index in [0.29, 0.717) is 24.3 Å². The second-order valence-electron chi connectivity index (χ2n) is 9.38. The minimum Gasteiger partial charge on any atom is -0.467 e. The van der Waals surface area contributed by atoms with Gasteiger partial charge in [-0.2, -0.15) is 0 Å². The number of carbonyl (C=O) groups excluding carboxylic acids is 2. The molecule has 3 saturated carbocycles. The Morgan fingerprint density at radius 2 is 2.14 bits per heavy atom. The lowest BCUT2D eigenvalue weighted by atomic mass is 9.52. The largest absolute Gasteiger partial charge is 0.467 e. The zero-order valence-corrected chi connectivity index (χ0v) is 16.3. The number of aliphatic hydroxyl groups excluding tert-OH is 1. The lowest BCUT2D eigenvalue weighted by Crippen LogP contribution is -2.69. The van der Waals surface area contributed by atoms with Gasteiger partial charge in [-0.25, -0.2) is 0 Å². The van der Waals surface area contributed by atoms with Crippen molar-refractivity contribution in [1.82, 2.24) is 10.2 Å². The number of hydrogen-bond donors (Lipinski definition) is 2. The number of benzene rings is 1. The second-order valence-corrected chi connectivity index (χ2v) is 9.38. The molecule has 0 radical (unpaired) electrons. The number of aliphatic hydroxyl groups is 1. The van der Waals surface area contributed by atoms with E-state index < -0.39 is 11.8 Å². The first-order valence-corrected chi connectivity index (χ1v) is 10.5. The average molecular weight is 384 g/mol. The van der Waals surface area contributed by atoms with Crippen LogP contribution in [0.25, 0.3) is 0 Å². The number of β-amino-alcohol motifs (C(OH)–C–C–N with tert-alkyl or cyclic N) is 1. The summed E-state index contributed by atoms with van der Waals surface area (Å²) in [6.45, 7) is 3.35. The molecule has 6 rings (SSSR count). The molecule has 150 valence electrons. The Morgan fingerprint density at radius 3 is 2.93 bits per heavy atom. The van der Waals surface area contributed by atoms with E-state index in [1.165, 1.54) is 0 Å². The molecule has 2 N–H and O–H groups in total. The normalized spacial score (nSPS) is 39.3. The molecule has 1 aromatic rings. The molecular weight excluding hydrogens is 356 g/mol. The molecule has 3 aliphatic carbocycles. The highest BCUT2D eigenvalue weighted by atomic mass is 16.5. The Kier molecular flexibility index (Phi) is 3.99. The van der Waals surface area contributed by atoms with Crippen LogP contribution in [0.4, 0.5) is 0 Å². The summed E-state index contributed by atoms with van der Waals surface area (Å²) in [6, 6.07) is 7.38. The summed E-state index contributed by atoms with van der Waals surface area (Å²) in [6.07, 6.45) is 4.52. The number of rotatable bonds is 1. The van der Waals surface area contributed by atoms with Crippen molar-refractivity contribution >= 4 is 11.8 Å². The lowest BCUT2D eigenvalue weighted by molar-refractivity contribution is -0.176. The Balaban J connectivity index is 1.41. The number of fused-ring (bicyclic) bond motifs is 3. The molecule has 2 amide bonds. The first kappa shape index (κ1) is 18.0. The van der Waals surface area contributed by atoms with Crippen LogP contribution in [0.5, 0.6) is 5.75 Å². The third-order valence-corrected chi connectivity index (χ3v) is 7.51. The number of likely N-dealkylation sites (tertiary alicyclic amines) is 1. The third kappa shape index (κ3) is 2.65. The van der Waals surface area contributed by atoms with Gasteiger partial charge in [0.1, 0.15) is 5.75 Å². The Bertz CT molecular complexity index is 827. The van der Waals surface area contributed by atoms with Crippen LogP contribution >= 0.6 is 0 Å². The molecule has 28 heavy (non-hydrogen) atoms. The van der Waals surface area contributed by atoms with Crippen molar-refractivity contribution in [2.24, 2.45) is 17.3 Å². The fourth-order valence-electron chi connectivity index (χ4n) is 6.01. The standard InChI is InChI=1S/C22H28N2O4/c1-21-9-8-14(11-17(21)20(27)24-10-4-5-15(25)12-24)22(13-21)23-19(26)16-6-2-3-7-18(16)28-22/h2-3,6-7,14-15,17,25H,4-5,8-13H2,1H3,(H,23,26). The molecule has 6 nitrogen and oxygen atoms in total. The van der Waals surface area contributed by atoms with Crippen LogP contribution < -0.4 is 10.1 Å². The highest BCUT2D eigenvalue weighted by Gasteiger charge is 2.62. The van der Waals surface area contributed by atoms with E-state index in [-0.39, 0.29) is 29.1 Å². The molecule has 1 aromatic carbocycles. The van der Waals surface area contributed by atoms with Gasteiger partial charge in [-0.1, -0.05) is 19.1 Å². The molecule has 5 unspecified atom stereocenters.